The minimum atomic E-state index is 0.751. The fourth-order valence-corrected chi connectivity index (χ4v) is 1.86. The van der Waals surface area contributed by atoms with E-state index in [4.69, 9.17) is 0 Å². The lowest BCUT2D eigenvalue weighted by Crippen LogP contribution is -2.00. The van der Waals surface area contributed by atoms with E-state index in [2.05, 4.69) is 20.8 Å². The molecule has 0 aromatic heterocycles. The van der Waals surface area contributed by atoms with Crippen molar-refractivity contribution in [3.05, 3.63) is 0 Å². The molecule has 0 saturated carbocycles. The summed E-state index contributed by atoms with van der Waals surface area (Å²) in [5, 5.41) is 0. The molecule has 84 valence electrons. The SMILES string of the molecule is CCC(CCCC=O)CCCC(C)C. The molecule has 0 aliphatic heterocycles. The van der Waals surface area contributed by atoms with Gasteiger partial charge in [0.05, 0.1) is 0 Å². The Hall–Kier alpha value is -0.330. The maximum absolute atomic E-state index is 10.2. The van der Waals surface area contributed by atoms with Crippen molar-refractivity contribution in [2.75, 3.05) is 0 Å². The summed E-state index contributed by atoms with van der Waals surface area (Å²) in [6.45, 7) is 6.83. The minimum absolute atomic E-state index is 0.751. The molecule has 0 aromatic carbocycles. The Labute approximate surface area is 89.3 Å². The summed E-state index contributed by atoms with van der Waals surface area (Å²) in [6, 6.07) is 0. The van der Waals surface area contributed by atoms with Crippen LogP contribution in [0.3, 0.4) is 0 Å². The van der Waals surface area contributed by atoms with Crippen molar-refractivity contribution in [2.45, 2.75) is 65.7 Å². The van der Waals surface area contributed by atoms with E-state index in [0.717, 1.165) is 31.0 Å². The van der Waals surface area contributed by atoms with Gasteiger partial charge in [0.2, 0.25) is 0 Å². The van der Waals surface area contributed by atoms with Gasteiger partial charge < -0.3 is 4.79 Å². The zero-order valence-corrected chi connectivity index (χ0v) is 10.1. The van der Waals surface area contributed by atoms with Gasteiger partial charge in [0, 0.05) is 6.42 Å². The predicted octanol–water partition coefficient (Wildman–Crippen LogP) is 4.21. The van der Waals surface area contributed by atoms with Crippen molar-refractivity contribution in [1.82, 2.24) is 0 Å². The van der Waals surface area contributed by atoms with Crippen molar-refractivity contribution in [1.29, 1.82) is 0 Å². The van der Waals surface area contributed by atoms with Crippen LogP contribution in [-0.2, 0) is 4.79 Å². The topological polar surface area (TPSA) is 17.1 Å². The van der Waals surface area contributed by atoms with Gasteiger partial charge in [0.15, 0.2) is 0 Å². The van der Waals surface area contributed by atoms with Crippen LogP contribution in [0.15, 0.2) is 0 Å². The average molecular weight is 198 g/mol. The first kappa shape index (κ1) is 13.7. The third-order valence-corrected chi connectivity index (χ3v) is 2.91. The lowest BCUT2D eigenvalue weighted by Gasteiger charge is -2.14. The summed E-state index contributed by atoms with van der Waals surface area (Å²) in [6.07, 6.45) is 9.46. The Bertz CT molecular complexity index is 129. The van der Waals surface area contributed by atoms with Gasteiger partial charge in [-0.1, -0.05) is 52.9 Å². The van der Waals surface area contributed by atoms with E-state index in [9.17, 15) is 4.79 Å². The zero-order valence-electron chi connectivity index (χ0n) is 10.1. The minimum Gasteiger partial charge on any atom is -0.303 e. The highest BCUT2D eigenvalue weighted by molar-refractivity contribution is 5.48. The van der Waals surface area contributed by atoms with Crippen molar-refractivity contribution in [2.24, 2.45) is 11.8 Å². The molecule has 1 atom stereocenters. The maximum atomic E-state index is 10.2. The monoisotopic (exact) mass is 198 g/mol. The van der Waals surface area contributed by atoms with Crippen LogP contribution in [0.4, 0.5) is 0 Å². The third-order valence-electron chi connectivity index (χ3n) is 2.91. The number of aldehydes is 1. The van der Waals surface area contributed by atoms with Gasteiger partial charge >= 0.3 is 0 Å². The zero-order chi connectivity index (χ0) is 10.8. The molecule has 1 unspecified atom stereocenters. The number of carbonyl (C=O) groups is 1. The quantitative estimate of drug-likeness (QED) is 0.400. The molecule has 0 heterocycles. The fraction of sp³-hybridized carbons (Fsp3) is 0.923. The molecule has 1 nitrogen and oxygen atoms in total. The Balaban J connectivity index is 3.42. The van der Waals surface area contributed by atoms with E-state index in [1.807, 2.05) is 0 Å². The molecule has 0 N–H and O–H groups in total. The van der Waals surface area contributed by atoms with Gasteiger partial charge in [-0.25, -0.2) is 0 Å². The molecule has 0 aliphatic rings. The largest absolute Gasteiger partial charge is 0.303 e. The van der Waals surface area contributed by atoms with E-state index < -0.39 is 0 Å². The molecule has 0 amide bonds. The number of hydrogen-bond acceptors (Lipinski definition) is 1. The number of hydrogen-bond donors (Lipinski definition) is 0. The Morgan fingerprint density at radius 3 is 2.21 bits per heavy atom. The molecule has 14 heavy (non-hydrogen) atoms. The number of carbonyl (C=O) groups excluding carboxylic acids is 1. The van der Waals surface area contributed by atoms with Gasteiger partial charge in [0.25, 0.3) is 0 Å². The molecule has 1 heteroatoms. The molecular weight excluding hydrogens is 172 g/mol. The Morgan fingerprint density at radius 2 is 1.71 bits per heavy atom. The highest BCUT2D eigenvalue weighted by Gasteiger charge is 2.06. The van der Waals surface area contributed by atoms with Crippen molar-refractivity contribution < 1.29 is 4.79 Å². The van der Waals surface area contributed by atoms with E-state index in [1.165, 1.54) is 32.1 Å². The highest BCUT2D eigenvalue weighted by atomic mass is 16.1. The first-order chi connectivity index (χ1) is 6.70. The van der Waals surface area contributed by atoms with Crippen LogP contribution < -0.4 is 0 Å². The van der Waals surface area contributed by atoms with Crippen LogP contribution in [-0.4, -0.2) is 6.29 Å². The summed E-state index contributed by atoms with van der Waals surface area (Å²) in [4.78, 5) is 10.2. The molecule has 0 aliphatic carbocycles. The molecular formula is C13H26O. The van der Waals surface area contributed by atoms with Crippen LogP contribution in [0.2, 0.25) is 0 Å². The smallest absolute Gasteiger partial charge is 0.119 e. The first-order valence-electron chi connectivity index (χ1n) is 6.14. The maximum Gasteiger partial charge on any atom is 0.119 e. The highest BCUT2D eigenvalue weighted by Crippen LogP contribution is 2.20. The Morgan fingerprint density at radius 1 is 1.07 bits per heavy atom. The van der Waals surface area contributed by atoms with Crippen LogP contribution in [0.25, 0.3) is 0 Å². The lowest BCUT2D eigenvalue weighted by atomic mass is 9.92. The molecule has 0 rings (SSSR count). The van der Waals surface area contributed by atoms with Crippen LogP contribution in [0.5, 0.6) is 0 Å². The van der Waals surface area contributed by atoms with E-state index >= 15 is 0 Å². The third kappa shape index (κ3) is 8.28. The van der Waals surface area contributed by atoms with Crippen LogP contribution in [0, 0.1) is 11.8 Å². The molecule has 0 fully saturated rings. The second-order valence-electron chi connectivity index (χ2n) is 4.70. The number of rotatable bonds is 9. The van der Waals surface area contributed by atoms with Crippen LogP contribution >= 0.6 is 0 Å². The average Bonchev–Trinajstić information content (AvgIpc) is 2.15. The van der Waals surface area contributed by atoms with E-state index in [-0.39, 0.29) is 0 Å². The lowest BCUT2D eigenvalue weighted by molar-refractivity contribution is -0.108. The van der Waals surface area contributed by atoms with E-state index in [1.54, 1.807) is 0 Å². The molecule has 0 bridgehead atoms. The Kier molecular flexibility index (Phi) is 9.02. The first-order valence-corrected chi connectivity index (χ1v) is 6.14. The normalized spacial score (nSPS) is 13.1. The van der Waals surface area contributed by atoms with Crippen LogP contribution in [0.1, 0.15) is 65.7 Å². The fourth-order valence-electron chi connectivity index (χ4n) is 1.86. The van der Waals surface area contributed by atoms with Crippen molar-refractivity contribution in [3.8, 4) is 0 Å². The molecule has 0 aromatic rings. The number of unbranched alkanes of at least 4 members (excludes halogenated alkanes) is 1. The summed E-state index contributed by atoms with van der Waals surface area (Å²) in [5.41, 5.74) is 0. The van der Waals surface area contributed by atoms with Gasteiger partial charge in [-0.05, 0) is 18.3 Å². The second kappa shape index (κ2) is 9.23. The van der Waals surface area contributed by atoms with Gasteiger partial charge in [0.1, 0.15) is 6.29 Å². The summed E-state index contributed by atoms with van der Waals surface area (Å²) >= 11 is 0. The molecule has 0 spiro atoms. The standard InChI is InChI=1S/C13H26O/c1-4-13(9-5-6-11-14)10-7-8-12(2)3/h11-13H,4-10H2,1-3H3. The van der Waals surface area contributed by atoms with Gasteiger partial charge in [-0.2, -0.15) is 0 Å². The van der Waals surface area contributed by atoms with Gasteiger partial charge in [-0.15, -0.1) is 0 Å². The summed E-state index contributed by atoms with van der Waals surface area (Å²) in [5.74, 6) is 1.69. The van der Waals surface area contributed by atoms with Gasteiger partial charge in [-0.3, -0.25) is 0 Å². The summed E-state index contributed by atoms with van der Waals surface area (Å²) < 4.78 is 0. The summed E-state index contributed by atoms with van der Waals surface area (Å²) in [7, 11) is 0. The van der Waals surface area contributed by atoms with Crippen molar-refractivity contribution in [3.63, 3.8) is 0 Å². The second-order valence-corrected chi connectivity index (χ2v) is 4.70. The van der Waals surface area contributed by atoms with Crippen molar-refractivity contribution >= 4 is 6.29 Å². The molecule has 0 radical (unpaired) electrons. The molecule has 0 saturated heterocycles. The predicted molar refractivity (Wildman–Crippen MR) is 62.4 cm³/mol. The van der Waals surface area contributed by atoms with E-state index in [0.29, 0.717) is 0 Å².